The largest absolute Gasteiger partial charge is 0.346 e. The first-order valence-corrected chi connectivity index (χ1v) is 6.89. The molecule has 2 heterocycles. The molecule has 90 valence electrons. The summed E-state index contributed by atoms with van der Waals surface area (Å²) in [7, 11) is 0. The summed E-state index contributed by atoms with van der Waals surface area (Å²) < 4.78 is 1.31. The Hall–Kier alpha value is -1.13. The number of hydrogen-bond acceptors (Lipinski definition) is 4. The number of aromatic nitrogens is 1. The van der Waals surface area contributed by atoms with Gasteiger partial charge in [0.15, 0.2) is 5.13 Å². The molecule has 1 aliphatic heterocycles. The van der Waals surface area contributed by atoms with Crippen LogP contribution in [0.2, 0.25) is 0 Å². The molecule has 1 aromatic heterocycles. The van der Waals surface area contributed by atoms with Crippen LogP contribution in [-0.2, 0) is 0 Å². The van der Waals surface area contributed by atoms with Crippen molar-refractivity contribution in [3.8, 4) is 0 Å². The molecule has 0 unspecified atom stereocenters. The van der Waals surface area contributed by atoms with Gasteiger partial charge in [-0.25, -0.2) is 4.98 Å². The number of hydrogen-bond donors (Lipinski definition) is 1. The molecule has 1 aromatic carbocycles. The third-order valence-corrected chi connectivity index (χ3v) is 4.46. The van der Waals surface area contributed by atoms with Crippen LogP contribution in [0.3, 0.4) is 0 Å². The van der Waals surface area contributed by atoms with E-state index in [1.165, 1.54) is 21.0 Å². The van der Waals surface area contributed by atoms with Crippen LogP contribution in [0.1, 0.15) is 11.1 Å². The maximum atomic E-state index is 4.76. The average Bonchev–Trinajstić information content (AvgIpc) is 2.74. The molecule has 17 heavy (non-hydrogen) atoms. The first-order valence-electron chi connectivity index (χ1n) is 6.07. The Bertz CT molecular complexity index is 502. The number of benzene rings is 1. The van der Waals surface area contributed by atoms with Gasteiger partial charge in [0.05, 0.1) is 10.2 Å². The van der Waals surface area contributed by atoms with Gasteiger partial charge in [-0.1, -0.05) is 11.3 Å². The number of piperazine rings is 1. The average molecular weight is 247 g/mol. The van der Waals surface area contributed by atoms with Crippen molar-refractivity contribution in [2.75, 3.05) is 31.1 Å². The number of rotatable bonds is 1. The summed E-state index contributed by atoms with van der Waals surface area (Å²) in [5.41, 5.74) is 3.83. The Morgan fingerprint density at radius 2 is 1.88 bits per heavy atom. The van der Waals surface area contributed by atoms with Gasteiger partial charge in [-0.05, 0) is 37.1 Å². The molecule has 0 bridgehead atoms. The standard InChI is InChI=1S/C13H17N3S/c1-9-7-11-12(8-10(9)2)17-13(15-11)16-5-3-14-4-6-16/h7-8,14H,3-6H2,1-2H3. The van der Waals surface area contributed by atoms with Crippen LogP contribution in [0, 0.1) is 13.8 Å². The summed E-state index contributed by atoms with van der Waals surface area (Å²) >= 11 is 1.81. The van der Waals surface area contributed by atoms with Crippen LogP contribution in [0.25, 0.3) is 10.2 Å². The molecule has 3 rings (SSSR count). The summed E-state index contributed by atoms with van der Waals surface area (Å²) in [4.78, 5) is 7.14. The molecule has 0 atom stereocenters. The lowest BCUT2D eigenvalue weighted by Crippen LogP contribution is -2.43. The fraction of sp³-hybridized carbons (Fsp3) is 0.462. The topological polar surface area (TPSA) is 28.2 Å². The van der Waals surface area contributed by atoms with Crippen molar-refractivity contribution < 1.29 is 0 Å². The van der Waals surface area contributed by atoms with Gasteiger partial charge in [-0.15, -0.1) is 0 Å². The highest BCUT2D eigenvalue weighted by Gasteiger charge is 2.14. The van der Waals surface area contributed by atoms with Crippen molar-refractivity contribution in [2.24, 2.45) is 0 Å². The zero-order valence-electron chi connectivity index (χ0n) is 10.3. The normalized spacial score (nSPS) is 16.7. The lowest BCUT2D eigenvalue weighted by Gasteiger charge is -2.26. The molecule has 1 saturated heterocycles. The van der Waals surface area contributed by atoms with Crippen molar-refractivity contribution >= 4 is 26.7 Å². The lowest BCUT2D eigenvalue weighted by molar-refractivity contribution is 0.588. The molecule has 2 aromatic rings. The zero-order valence-corrected chi connectivity index (χ0v) is 11.1. The first kappa shape index (κ1) is 11.0. The second kappa shape index (κ2) is 4.27. The molecule has 1 N–H and O–H groups in total. The van der Waals surface area contributed by atoms with E-state index in [0.717, 1.165) is 31.7 Å². The minimum atomic E-state index is 1.06. The Kier molecular flexibility index (Phi) is 2.76. The Balaban J connectivity index is 2.00. The van der Waals surface area contributed by atoms with Crippen molar-refractivity contribution in [2.45, 2.75) is 13.8 Å². The van der Waals surface area contributed by atoms with Crippen LogP contribution >= 0.6 is 11.3 Å². The number of thiazole rings is 1. The maximum absolute atomic E-state index is 4.76. The summed E-state index contributed by atoms with van der Waals surface area (Å²) in [6.07, 6.45) is 0. The highest BCUT2D eigenvalue weighted by Crippen LogP contribution is 2.30. The molecule has 0 aliphatic carbocycles. The highest BCUT2D eigenvalue weighted by atomic mass is 32.1. The molecule has 1 aliphatic rings. The van der Waals surface area contributed by atoms with Crippen molar-refractivity contribution in [1.82, 2.24) is 10.3 Å². The summed E-state index contributed by atoms with van der Waals surface area (Å²) in [5.74, 6) is 0. The quantitative estimate of drug-likeness (QED) is 0.838. The monoisotopic (exact) mass is 247 g/mol. The first-order chi connectivity index (χ1) is 8.24. The Labute approximate surface area is 105 Å². The van der Waals surface area contributed by atoms with Crippen LogP contribution in [-0.4, -0.2) is 31.2 Å². The van der Waals surface area contributed by atoms with Crippen LogP contribution in [0.15, 0.2) is 12.1 Å². The van der Waals surface area contributed by atoms with Gasteiger partial charge < -0.3 is 10.2 Å². The molecule has 1 fully saturated rings. The van der Waals surface area contributed by atoms with E-state index in [0.29, 0.717) is 0 Å². The molecule has 0 saturated carbocycles. The van der Waals surface area contributed by atoms with Gasteiger partial charge in [-0.3, -0.25) is 0 Å². The predicted octanol–water partition coefficient (Wildman–Crippen LogP) is 2.32. The minimum absolute atomic E-state index is 1.06. The van der Waals surface area contributed by atoms with Crippen molar-refractivity contribution in [3.05, 3.63) is 23.3 Å². The molecule has 0 radical (unpaired) electrons. The molecule has 4 heteroatoms. The van der Waals surface area contributed by atoms with Crippen LogP contribution < -0.4 is 10.2 Å². The van der Waals surface area contributed by atoms with Gasteiger partial charge in [0.1, 0.15) is 0 Å². The van der Waals surface area contributed by atoms with Gasteiger partial charge in [0, 0.05) is 26.2 Å². The number of anilines is 1. The molecular formula is C13H17N3S. The van der Waals surface area contributed by atoms with E-state index >= 15 is 0 Å². The predicted molar refractivity (Wildman–Crippen MR) is 74.2 cm³/mol. The molecule has 3 nitrogen and oxygen atoms in total. The van der Waals surface area contributed by atoms with Gasteiger partial charge >= 0.3 is 0 Å². The zero-order chi connectivity index (χ0) is 11.8. The minimum Gasteiger partial charge on any atom is -0.346 e. The van der Waals surface area contributed by atoms with E-state index < -0.39 is 0 Å². The van der Waals surface area contributed by atoms with Crippen molar-refractivity contribution in [1.29, 1.82) is 0 Å². The second-order valence-electron chi connectivity index (χ2n) is 4.64. The van der Waals surface area contributed by atoms with E-state index in [9.17, 15) is 0 Å². The molecule has 0 amide bonds. The number of nitrogens with one attached hydrogen (secondary N) is 1. The van der Waals surface area contributed by atoms with Crippen LogP contribution in [0.4, 0.5) is 5.13 Å². The van der Waals surface area contributed by atoms with Gasteiger partial charge in [0.25, 0.3) is 0 Å². The third-order valence-electron chi connectivity index (χ3n) is 3.38. The fourth-order valence-electron chi connectivity index (χ4n) is 2.16. The van der Waals surface area contributed by atoms with Gasteiger partial charge in [0.2, 0.25) is 0 Å². The second-order valence-corrected chi connectivity index (χ2v) is 5.65. The number of fused-ring (bicyclic) bond motifs is 1. The van der Waals surface area contributed by atoms with Crippen molar-refractivity contribution in [3.63, 3.8) is 0 Å². The molecule has 0 spiro atoms. The number of nitrogens with zero attached hydrogens (tertiary/aromatic N) is 2. The van der Waals surface area contributed by atoms with Gasteiger partial charge in [-0.2, -0.15) is 0 Å². The third kappa shape index (κ3) is 2.03. The van der Waals surface area contributed by atoms with E-state index in [2.05, 4.69) is 36.2 Å². The summed E-state index contributed by atoms with van der Waals surface area (Å²) in [6.45, 7) is 8.58. The van der Waals surface area contributed by atoms with Crippen LogP contribution in [0.5, 0.6) is 0 Å². The summed E-state index contributed by atoms with van der Waals surface area (Å²) in [6, 6.07) is 4.46. The van der Waals surface area contributed by atoms with E-state index in [4.69, 9.17) is 4.98 Å². The smallest absolute Gasteiger partial charge is 0.186 e. The summed E-state index contributed by atoms with van der Waals surface area (Å²) in [5, 5.41) is 4.54. The Morgan fingerprint density at radius 3 is 2.65 bits per heavy atom. The number of aryl methyl sites for hydroxylation is 2. The molecular weight excluding hydrogens is 230 g/mol. The Morgan fingerprint density at radius 1 is 1.18 bits per heavy atom. The van der Waals surface area contributed by atoms with E-state index in [1.54, 1.807) is 0 Å². The lowest BCUT2D eigenvalue weighted by atomic mass is 10.1. The SMILES string of the molecule is Cc1cc2nc(N3CCNCC3)sc2cc1C. The maximum Gasteiger partial charge on any atom is 0.186 e. The van der Waals surface area contributed by atoms with E-state index in [-0.39, 0.29) is 0 Å². The highest BCUT2D eigenvalue weighted by molar-refractivity contribution is 7.22. The van der Waals surface area contributed by atoms with E-state index in [1.807, 2.05) is 11.3 Å². The fourth-order valence-corrected chi connectivity index (χ4v) is 3.26.